The summed E-state index contributed by atoms with van der Waals surface area (Å²) in [5.41, 5.74) is 1.27. The third-order valence-corrected chi connectivity index (χ3v) is 4.16. The summed E-state index contributed by atoms with van der Waals surface area (Å²) in [4.78, 5) is 36.6. The third-order valence-electron chi connectivity index (χ3n) is 3.92. The van der Waals surface area contributed by atoms with Gasteiger partial charge in [-0.05, 0) is 30.3 Å². The van der Waals surface area contributed by atoms with Crippen molar-refractivity contribution >= 4 is 40.6 Å². The zero-order valence-electron chi connectivity index (χ0n) is 14.8. The zero-order chi connectivity index (χ0) is 19.9. The van der Waals surface area contributed by atoms with Gasteiger partial charge in [-0.3, -0.25) is 14.4 Å². The number of furan rings is 1. The number of ketones is 1. The van der Waals surface area contributed by atoms with Crippen LogP contribution in [0.3, 0.4) is 0 Å². The molecular formula is C21H17ClN2O4. The van der Waals surface area contributed by atoms with E-state index in [2.05, 4.69) is 10.6 Å². The van der Waals surface area contributed by atoms with Crippen LogP contribution >= 0.6 is 11.6 Å². The summed E-state index contributed by atoms with van der Waals surface area (Å²) in [5.74, 6) is -0.800. The lowest BCUT2D eigenvalue weighted by molar-refractivity contribution is -0.116. The third kappa shape index (κ3) is 5.08. The first-order chi connectivity index (χ1) is 13.5. The van der Waals surface area contributed by atoms with Gasteiger partial charge in [-0.15, -0.1) is 0 Å². The fourth-order valence-electron chi connectivity index (χ4n) is 2.53. The molecule has 0 unspecified atom stereocenters. The van der Waals surface area contributed by atoms with Crippen LogP contribution < -0.4 is 10.6 Å². The molecule has 6 nitrogen and oxygen atoms in total. The van der Waals surface area contributed by atoms with Gasteiger partial charge in [0, 0.05) is 23.4 Å². The van der Waals surface area contributed by atoms with E-state index in [0.717, 1.165) is 0 Å². The predicted octanol–water partition coefficient (Wildman–Crippen LogP) is 4.79. The maximum atomic E-state index is 12.3. The molecule has 0 saturated carbocycles. The number of halogens is 1. The monoisotopic (exact) mass is 396 g/mol. The Morgan fingerprint density at radius 3 is 2.36 bits per heavy atom. The van der Waals surface area contributed by atoms with E-state index in [1.807, 2.05) is 6.07 Å². The molecule has 0 fully saturated rings. The predicted molar refractivity (Wildman–Crippen MR) is 107 cm³/mol. The van der Waals surface area contributed by atoms with Gasteiger partial charge >= 0.3 is 0 Å². The summed E-state index contributed by atoms with van der Waals surface area (Å²) in [5, 5.41) is 5.75. The Labute approximate surface area is 166 Å². The zero-order valence-corrected chi connectivity index (χ0v) is 15.5. The van der Waals surface area contributed by atoms with Crippen LogP contribution in [0.4, 0.5) is 11.4 Å². The largest absolute Gasteiger partial charge is 0.459 e. The molecule has 0 bridgehead atoms. The van der Waals surface area contributed by atoms with Crippen LogP contribution in [0.15, 0.2) is 71.3 Å². The van der Waals surface area contributed by atoms with E-state index in [-0.39, 0.29) is 30.3 Å². The first-order valence-corrected chi connectivity index (χ1v) is 8.93. The highest BCUT2D eigenvalue weighted by molar-refractivity contribution is 6.31. The molecule has 2 aromatic carbocycles. The number of hydrogen-bond acceptors (Lipinski definition) is 4. The van der Waals surface area contributed by atoms with Gasteiger partial charge in [-0.25, -0.2) is 0 Å². The van der Waals surface area contributed by atoms with Crippen molar-refractivity contribution in [1.29, 1.82) is 0 Å². The van der Waals surface area contributed by atoms with Crippen molar-refractivity contribution in [3.8, 4) is 0 Å². The molecule has 2 amide bonds. The minimum absolute atomic E-state index is 0.0158. The second-order valence-electron chi connectivity index (χ2n) is 5.96. The van der Waals surface area contributed by atoms with Gasteiger partial charge in [0.1, 0.15) is 0 Å². The highest BCUT2D eigenvalue weighted by Gasteiger charge is 2.15. The Morgan fingerprint density at radius 2 is 1.64 bits per heavy atom. The second kappa shape index (κ2) is 9.01. The molecule has 7 heteroatoms. The minimum atomic E-state index is -0.470. The van der Waals surface area contributed by atoms with Crippen LogP contribution in [0.25, 0.3) is 0 Å². The summed E-state index contributed by atoms with van der Waals surface area (Å²) < 4.78 is 5.06. The fraction of sp³-hybridized carbons (Fsp3) is 0.0952. The van der Waals surface area contributed by atoms with E-state index in [1.165, 1.54) is 18.4 Å². The second-order valence-corrected chi connectivity index (χ2v) is 6.40. The lowest BCUT2D eigenvalue weighted by Crippen LogP contribution is -2.17. The maximum absolute atomic E-state index is 12.3. The minimum Gasteiger partial charge on any atom is -0.459 e. The molecule has 142 valence electrons. The van der Waals surface area contributed by atoms with Crippen LogP contribution in [0.5, 0.6) is 0 Å². The van der Waals surface area contributed by atoms with Crippen molar-refractivity contribution < 1.29 is 18.8 Å². The molecule has 0 aliphatic rings. The van der Waals surface area contributed by atoms with Crippen molar-refractivity contribution in [3.05, 3.63) is 83.3 Å². The number of benzene rings is 2. The Hall–Kier alpha value is -3.38. The Balaban J connectivity index is 1.64. The molecule has 1 heterocycles. The number of nitrogens with one attached hydrogen (secondary N) is 2. The van der Waals surface area contributed by atoms with E-state index < -0.39 is 5.91 Å². The smallest absolute Gasteiger partial charge is 0.291 e. The topological polar surface area (TPSA) is 88.4 Å². The molecule has 0 atom stereocenters. The summed E-state index contributed by atoms with van der Waals surface area (Å²) in [6.45, 7) is 0. The fourth-order valence-corrected chi connectivity index (χ4v) is 2.70. The molecule has 0 aliphatic carbocycles. The van der Waals surface area contributed by atoms with Crippen LogP contribution in [0, 0.1) is 0 Å². The van der Waals surface area contributed by atoms with Crippen LogP contribution in [0.1, 0.15) is 33.8 Å². The quantitative estimate of drug-likeness (QED) is 0.562. The number of carbonyl (C=O) groups excluding carboxylic acids is 3. The van der Waals surface area contributed by atoms with E-state index in [1.54, 1.807) is 42.5 Å². The number of amides is 2. The van der Waals surface area contributed by atoms with E-state index in [9.17, 15) is 14.4 Å². The van der Waals surface area contributed by atoms with Crippen molar-refractivity contribution in [3.63, 3.8) is 0 Å². The van der Waals surface area contributed by atoms with Crippen molar-refractivity contribution in [2.75, 3.05) is 10.6 Å². The summed E-state index contributed by atoms with van der Waals surface area (Å²) in [6.07, 6.45) is 1.48. The van der Waals surface area contributed by atoms with Crippen LogP contribution in [0.2, 0.25) is 5.02 Å². The van der Waals surface area contributed by atoms with Gasteiger partial charge in [-0.2, -0.15) is 0 Å². The molecule has 0 spiro atoms. The lowest BCUT2D eigenvalue weighted by Gasteiger charge is -2.12. The van der Waals surface area contributed by atoms with Gasteiger partial charge in [0.15, 0.2) is 11.5 Å². The SMILES string of the molecule is O=C(CCC(=O)c1ccccc1)Nc1ccc(Cl)cc1NC(=O)c1ccco1. The molecule has 2 N–H and O–H groups in total. The van der Waals surface area contributed by atoms with Crippen molar-refractivity contribution in [2.45, 2.75) is 12.8 Å². The van der Waals surface area contributed by atoms with Crippen LogP contribution in [-0.2, 0) is 4.79 Å². The lowest BCUT2D eigenvalue weighted by atomic mass is 10.1. The van der Waals surface area contributed by atoms with Gasteiger partial charge in [0.05, 0.1) is 17.6 Å². The number of anilines is 2. The molecule has 3 aromatic rings. The molecule has 3 rings (SSSR count). The number of carbonyl (C=O) groups is 3. The summed E-state index contributed by atoms with van der Waals surface area (Å²) in [7, 11) is 0. The van der Waals surface area contributed by atoms with E-state index in [4.69, 9.17) is 16.0 Å². The first kappa shape index (κ1) is 19.4. The number of rotatable bonds is 7. The molecule has 0 saturated heterocycles. The number of Topliss-reactive ketones (excluding diaryl/α,β-unsaturated/α-hetero) is 1. The molecule has 1 aromatic heterocycles. The Morgan fingerprint density at radius 1 is 0.857 bits per heavy atom. The maximum Gasteiger partial charge on any atom is 0.291 e. The Bertz CT molecular complexity index is 985. The molecule has 28 heavy (non-hydrogen) atoms. The number of hydrogen-bond donors (Lipinski definition) is 2. The summed E-state index contributed by atoms with van der Waals surface area (Å²) in [6, 6.07) is 16.6. The average Bonchev–Trinajstić information content (AvgIpc) is 3.24. The first-order valence-electron chi connectivity index (χ1n) is 8.55. The van der Waals surface area contributed by atoms with Crippen LogP contribution in [-0.4, -0.2) is 17.6 Å². The van der Waals surface area contributed by atoms with Crippen molar-refractivity contribution in [1.82, 2.24) is 0 Å². The Kier molecular flexibility index (Phi) is 6.24. The van der Waals surface area contributed by atoms with Gasteiger partial charge in [0.2, 0.25) is 5.91 Å². The average molecular weight is 397 g/mol. The van der Waals surface area contributed by atoms with E-state index >= 15 is 0 Å². The highest BCUT2D eigenvalue weighted by Crippen LogP contribution is 2.26. The summed E-state index contributed by atoms with van der Waals surface area (Å²) >= 11 is 6.00. The highest BCUT2D eigenvalue weighted by atomic mass is 35.5. The van der Waals surface area contributed by atoms with Gasteiger partial charge in [-0.1, -0.05) is 41.9 Å². The van der Waals surface area contributed by atoms with Gasteiger partial charge < -0.3 is 15.1 Å². The standard InChI is InChI=1S/C21H17ClN2O4/c22-15-8-9-16(17(13-15)24-21(27)19-7-4-12-28-19)23-20(26)11-10-18(25)14-5-2-1-3-6-14/h1-9,12-13H,10-11H2,(H,23,26)(H,24,27). The molecule has 0 radical (unpaired) electrons. The van der Waals surface area contributed by atoms with Gasteiger partial charge in [0.25, 0.3) is 5.91 Å². The van der Waals surface area contributed by atoms with Crippen molar-refractivity contribution in [2.24, 2.45) is 0 Å². The molecular weight excluding hydrogens is 380 g/mol. The van der Waals surface area contributed by atoms with E-state index in [0.29, 0.717) is 22.0 Å². The molecule has 0 aliphatic heterocycles. The normalized spacial score (nSPS) is 10.3.